The second-order valence-corrected chi connectivity index (χ2v) is 6.12. The fraction of sp³-hybridized carbons (Fsp3) is 0.200. The summed E-state index contributed by atoms with van der Waals surface area (Å²) in [6.45, 7) is 1.23. The quantitative estimate of drug-likeness (QED) is 0.695. The molecule has 2 heterocycles. The van der Waals surface area contributed by atoms with Gasteiger partial charge in [0, 0.05) is 12.6 Å². The summed E-state index contributed by atoms with van der Waals surface area (Å²) in [7, 11) is 1.45. The molecule has 2 aromatic carbocycles. The number of carbonyl (C=O) groups is 1. The molecule has 0 fully saturated rings. The molecule has 1 amide bonds. The molecule has 7 heteroatoms. The van der Waals surface area contributed by atoms with Gasteiger partial charge in [-0.15, -0.1) is 0 Å². The highest BCUT2D eigenvalue weighted by Gasteiger charge is 2.29. The van der Waals surface area contributed by atoms with Gasteiger partial charge in [-0.25, -0.2) is 4.39 Å². The molecule has 0 spiro atoms. The van der Waals surface area contributed by atoms with Gasteiger partial charge < -0.3 is 14.4 Å². The maximum atomic E-state index is 13.5. The highest BCUT2D eigenvalue weighted by Crippen LogP contribution is 2.31. The molecule has 138 valence electrons. The number of carbonyl (C=O) groups excluding carboxylic acids is 1. The summed E-state index contributed by atoms with van der Waals surface area (Å²) in [5.41, 5.74) is 1.69. The third-order valence-electron chi connectivity index (χ3n) is 4.39. The summed E-state index contributed by atoms with van der Waals surface area (Å²) >= 11 is 0. The number of benzene rings is 2. The van der Waals surface area contributed by atoms with Gasteiger partial charge in [-0.3, -0.25) is 9.48 Å². The standard InChI is InChI=1S/C20H18FN3O3/c1-26-19-11-14(21)7-8-17(19)23-9-10-24-18(20(23)25)12-15(22-24)13-27-16-5-3-2-4-6-16/h2-8,11-12H,9-10,13H2,1H3. The van der Waals surface area contributed by atoms with E-state index in [-0.39, 0.29) is 12.5 Å². The molecule has 1 aliphatic rings. The molecular formula is C20H18FN3O3. The molecule has 4 rings (SSSR count). The minimum atomic E-state index is -0.412. The normalized spacial score (nSPS) is 13.4. The second-order valence-electron chi connectivity index (χ2n) is 6.12. The number of amides is 1. The van der Waals surface area contributed by atoms with Crippen LogP contribution in [0.15, 0.2) is 54.6 Å². The first-order chi connectivity index (χ1) is 13.2. The predicted molar refractivity (Wildman–Crippen MR) is 97.6 cm³/mol. The lowest BCUT2D eigenvalue weighted by molar-refractivity contribution is 0.0961. The van der Waals surface area contributed by atoms with Gasteiger partial charge in [0.2, 0.25) is 0 Å². The van der Waals surface area contributed by atoms with Gasteiger partial charge >= 0.3 is 0 Å². The average Bonchev–Trinajstić information content (AvgIpc) is 3.12. The van der Waals surface area contributed by atoms with Gasteiger partial charge in [0.1, 0.15) is 35.3 Å². The largest absolute Gasteiger partial charge is 0.494 e. The van der Waals surface area contributed by atoms with Gasteiger partial charge in [0.25, 0.3) is 5.91 Å². The number of rotatable bonds is 5. The van der Waals surface area contributed by atoms with Crippen LogP contribution in [0.5, 0.6) is 11.5 Å². The lowest BCUT2D eigenvalue weighted by Crippen LogP contribution is -2.40. The molecule has 27 heavy (non-hydrogen) atoms. The Morgan fingerprint density at radius 2 is 1.93 bits per heavy atom. The Hall–Kier alpha value is -3.35. The summed E-state index contributed by atoms with van der Waals surface area (Å²) in [6.07, 6.45) is 0. The molecule has 0 saturated carbocycles. The molecule has 0 bridgehead atoms. The van der Waals surface area contributed by atoms with Crippen molar-refractivity contribution in [3.05, 3.63) is 71.8 Å². The number of fused-ring (bicyclic) bond motifs is 1. The van der Waals surface area contributed by atoms with Crippen LogP contribution in [0.4, 0.5) is 10.1 Å². The smallest absolute Gasteiger partial charge is 0.276 e. The first-order valence-electron chi connectivity index (χ1n) is 8.55. The van der Waals surface area contributed by atoms with Gasteiger partial charge in [-0.2, -0.15) is 5.10 Å². The van der Waals surface area contributed by atoms with Crippen LogP contribution < -0.4 is 14.4 Å². The minimum Gasteiger partial charge on any atom is -0.494 e. The first kappa shape index (κ1) is 17.1. The van der Waals surface area contributed by atoms with Gasteiger partial charge in [0.05, 0.1) is 19.3 Å². The Labute approximate surface area is 155 Å². The van der Waals surface area contributed by atoms with Gasteiger partial charge in [0.15, 0.2) is 0 Å². The van der Waals surface area contributed by atoms with E-state index in [2.05, 4.69) is 5.10 Å². The summed E-state index contributed by atoms with van der Waals surface area (Å²) in [5, 5.41) is 4.45. The van der Waals surface area contributed by atoms with Crippen molar-refractivity contribution in [2.75, 3.05) is 18.6 Å². The van der Waals surface area contributed by atoms with E-state index in [1.54, 1.807) is 21.7 Å². The summed E-state index contributed by atoms with van der Waals surface area (Å²) in [5.74, 6) is 0.450. The SMILES string of the molecule is COc1cc(F)ccc1N1CCn2nc(COc3ccccc3)cc2C1=O. The molecule has 3 aromatic rings. The molecule has 0 aliphatic carbocycles. The molecule has 0 unspecified atom stereocenters. The van der Waals surface area contributed by atoms with E-state index in [0.717, 1.165) is 5.75 Å². The van der Waals surface area contributed by atoms with Crippen LogP contribution in [0.25, 0.3) is 0 Å². The Bertz CT molecular complexity index is 972. The number of methoxy groups -OCH3 is 1. The lowest BCUT2D eigenvalue weighted by Gasteiger charge is -2.28. The highest BCUT2D eigenvalue weighted by molar-refractivity contribution is 6.06. The van der Waals surface area contributed by atoms with E-state index in [1.165, 1.54) is 19.2 Å². The van der Waals surface area contributed by atoms with Crippen molar-refractivity contribution in [2.45, 2.75) is 13.2 Å². The molecule has 1 aliphatic heterocycles. The van der Waals surface area contributed by atoms with Crippen LogP contribution in [0.1, 0.15) is 16.2 Å². The maximum Gasteiger partial charge on any atom is 0.276 e. The van der Waals surface area contributed by atoms with E-state index < -0.39 is 5.82 Å². The van der Waals surface area contributed by atoms with Crippen molar-refractivity contribution in [3.8, 4) is 11.5 Å². The van der Waals surface area contributed by atoms with E-state index >= 15 is 0 Å². The Morgan fingerprint density at radius 3 is 2.70 bits per heavy atom. The fourth-order valence-electron chi connectivity index (χ4n) is 3.10. The summed E-state index contributed by atoms with van der Waals surface area (Å²) in [6, 6.07) is 15.3. The molecule has 0 atom stereocenters. The van der Waals surface area contributed by atoms with Crippen LogP contribution in [0, 0.1) is 5.82 Å². The maximum absolute atomic E-state index is 13.5. The fourth-order valence-corrected chi connectivity index (χ4v) is 3.10. The number of nitrogens with zero attached hydrogens (tertiary/aromatic N) is 3. The monoisotopic (exact) mass is 367 g/mol. The lowest BCUT2D eigenvalue weighted by atomic mass is 10.2. The number of halogens is 1. The first-order valence-corrected chi connectivity index (χ1v) is 8.55. The third-order valence-corrected chi connectivity index (χ3v) is 4.39. The Kier molecular flexibility index (Phi) is 4.50. The van der Waals surface area contributed by atoms with Crippen molar-refractivity contribution >= 4 is 11.6 Å². The second kappa shape index (κ2) is 7.11. The van der Waals surface area contributed by atoms with Crippen LogP contribution in [-0.4, -0.2) is 29.3 Å². The Balaban J connectivity index is 1.55. The highest BCUT2D eigenvalue weighted by atomic mass is 19.1. The van der Waals surface area contributed by atoms with Crippen molar-refractivity contribution in [3.63, 3.8) is 0 Å². The number of hydrogen-bond donors (Lipinski definition) is 0. The molecule has 0 radical (unpaired) electrons. The van der Waals surface area contributed by atoms with E-state index in [9.17, 15) is 9.18 Å². The molecule has 1 aromatic heterocycles. The zero-order valence-corrected chi connectivity index (χ0v) is 14.8. The third kappa shape index (κ3) is 3.36. The van der Waals surface area contributed by atoms with Crippen molar-refractivity contribution in [2.24, 2.45) is 0 Å². The topological polar surface area (TPSA) is 56.6 Å². The number of aromatic nitrogens is 2. The number of anilines is 1. The van der Waals surface area contributed by atoms with Crippen LogP contribution in [-0.2, 0) is 13.2 Å². The van der Waals surface area contributed by atoms with Crippen LogP contribution in [0.2, 0.25) is 0 Å². The van der Waals surface area contributed by atoms with E-state index in [0.29, 0.717) is 35.9 Å². The molecule has 6 nitrogen and oxygen atoms in total. The number of para-hydroxylation sites is 1. The van der Waals surface area contributed by atoms with Crippen LogP contribution >= 0.6 is 0 Å². The zero-order chi connectivity index (χ0) is 18.8. The Morgan fingerprint density at radius 1 is 1.11 bits per heavy atom. The molecule has 0 saturated heterocycles. The van der Waals surface area contributed by atoms with E-state index in [1.807, 2.05) is 30.3 Å². The zero-order valence-electron chi connectivity index (χ0n) is 14.8. The van der Waals surface area contributed by atoms with Crippen molar-refractivity contribution < 1.29 is 18.7 Å². The average molecular weight is 367 g/mol. The number of hydrogen-bond acceptors (Lipinski definition) is 4. The molecule has 0 N–H and O–H groups in total. The number of ether oxygens (including phenoxy) is 2. The van der Waals surface area contributed by atoms with Crippen LogP contribution in [0.3, 0.4) is 0 Å². The van der Waals surface area contributed by atoms with Gasteiger partial charge in [-0.05, 0) is 30.3 Å². The van der Waals surface area contributed by atoms with Crippen molar-refractivity contribution in [1.82, 2.24) is 9.78 Å². The summed E-state index contributed by atoms with van der Waals surface area (Å²) < 4.78 is 26.1. The van der Waals surface area contributed by atoms with Crippen molar-refractivity contribution in [1.29, 1.82) is 0 Å². The molecular weight excluding hydrogens is 349 g/mol. The summed E-state index contributed by atoms with van der Waals surface area (Å²) in [4.78, 5) is 14.5. The van der Waals surface area contributed by atoms with Gasteiger partial charge in [-0.1, -0.05) is 18.2 Å². The minimum absolute atomic E-state index is 0.204. The van der Waals surface area contributed by atoms with E-state index in [4.69, 9.17) is 9.47 Å². The predicted octanol–water partition coefficient (Wildman–Crippen LogP) is 3.27.